The molecule has 0 aliphatic carbocycles. The Morgan fingerprint density at radius 2 is 1.69 bits per heavy atom. The highest BCUT2D eigenvalue weighted by Crippen LogP contribution is 2.16. The van der Waals surface area contributed by atoms with Crippen molar-refractivity contribution in [2.75, 3.05) is 37.9 Å². The Morgan fingerprint density at radius 3 is 2.24 bits per heavy atom. The number of carbonyl (C=O) groups is 2. The monoisotopic (exact) mass is 400 g/mol. The molecule has 0 radical (unpaired) electrons. The quantitative estimate of drug-likeness (QED) is 0.745. The topological polar surface area (TPSA) is 92.7 Å². The number of aryl methyl sites for hydroxylation is 1. The van der Waals surface area contributed by atoms with Crippen molar-refractivity contribution in [1.82, 2.24) is 9.47 Å². The highest BCUT2D eigenvalue weighted by Gasteiger charge is 2.18. The predicted molar refractivity (Wildman–Crippen MR) is 114 cm³/mol. The Hall–Kier alpha value is -3.13. The summed E-state index contributed by atoms with van der Waals surface area (Å²) in [6.45, 7) is 6.36. The number of benzene rings is 1. The molecule has 0 saturated heterocycles. The summed E-state index contributed by atoms with van der Waals surface area (Å²) in [5.41, 5.74) is 1.46. The normalized spacial score (nSPS) is 11.8. The largest absolute Gasteiger partial charge is 0.450 e. The summed E-state index contributed by atoms with van der Waals surface area (Å²) < 4.78 is 6.40. The smallest absolute Gasteiger partial charge is 0.411 e. The summed E-state index contributed by atoms with van der Waals surface area (Å²) >= 11 is 0. The molecule has 2 rings (SSSR count). The molecule has 29 heavy (non-hydrogen) atoms. The average molecular weight is 400 g/mol. The van der Waals surface area contributed by atoms with E-state index < -0.39 is 12.0 Å². The lowest BCUT2D eigenvalue weighted by molar-refractivity contribution is 0.102. The van der Waals surface area contributed by atoms with E-state index >= 15 is 0 Å². The van der Waals surface area contributed by atoms with Crippen LogP contribution in [0.25, 0.3) is 0 Å². The molecule has 1 aromatic heterocycles. The number of ether oxygens (including phenoxy) is 1. The van der Waals surface area contributed by atoms with Gasteiger partial charge in [0.05, 0.1) is 6.61 Å². The molecule has 1 unspecified atom stereocenters. The van der Waals surface area contributed by atoms with Gasteiger partial charge in [-0.2, -0.15) is 0 Å². The Bertz CT molecular complexity index is 919. The molecule has 0 bridgehead atoms. The zero-order chi connectivity index (χ0) is 21.6. The van der Waals surface area contributed by atoms with Crippen molar-refractivity contribution >= 4 is 23.4 Å². The molecule has 8 heteroatoms. The average Bonchev–Trinajstić information content (AvgIpc) is 2.63. The van der Waals surface area contributed by atoms with E-state index in [0.717, 1.165) is 0 Å². The molecule has 0 fully saturated rings. The molecule has 0 aliphatic heterocycles. The van der Waals surface area contributed by atoms with Gasteiger partial charge in [0.15, 0.2) is 0 Å². The van der Waals surface area contributed by atoms with Crippen LogP contribution in [0.15, 0.2) is 41.3 Å². The van der Waals surface area contributed by atoms with E-state index in [2.05, 4.69) is 10.6 Å². The number of pyridine rings is 1. The first-order chi connectivity index (χ1) is 13.7. The molecule has 8 nitrogen and oxygen atoms in total. The van der Waals surface area contributed by atoms with Crippen molar-refractivity contribution in [1.29, 1.82) is 0 Å². The maximum atomic E-state index is 12.9. The zero-order valence-electron chi connectivity index (χ0n) is 17.5. The van der Waals surface area contributed by atoms with Crippen molar-refractivity contribution in [3.05, 3.63) is 58.0 Å². The highest BCUT2D eigenvalue weighted by molar-refractivity contribution is 6.05. The minimum atomic E-state index is -0.545. The third-order valence-corrected chi connectivity index (χ3v) is 4.32. The van der Waals surface area contributed by atoms with E-state index in [1.807, 2.05) is 25.9 Å². The zero-order valence-corrected chi connectivity index (χ0v) is 17.5. The van der Waals surface area contributed by atoms with Crippen LogP contribution in [0, 0.1) is 6.92 Å². The van der Waals surface area contributed by atoms with E-state index in [-0.39, 0.29) is 23.8 Å². The van der Waals surface area contributed by atoms with Crippen LogP contribution in [-0.2, 0) is 4.74 Å². The van der Waals surface area contributed by atoms with Gasteiger partial charge in [0.1, 0.15) is 5.56 Å². The predicted octanol–water partition coefficient (Wildman–Crippen LogP) is 3.10. The number of hydrogen-bond acceptors (Lipinski definition) is 5. The molecule has 2 N–H and O–H groups in total. The summed E-state index contributed by atoms with van der Waals surface area (Å²) in [7, 11) is 3.87. The van der Waals surface area contributed by atoms with E-state index in [4.69, 9.17) is 4.74 Å². The Balaban J connectivity index is 2.18. The first-order valence-corrected chi connectivity index (χ1v) is 9.44. The molecule has 0 spiro atoms. The van der Waals surface area contributed by atoms with E-state index in [1.54, 1.807) is 54.9 Å². The van der Waals surface area contributed by atoms with Gasteiger partial charge in [0.2, 0.25) is 0 Å². The summed E-state index contributed by atoms with van der Waals surface area (Å²) in [6.07, 6.45) is 1.18. The van der Waals surface area contributed by atoms with Crippen LogP contribution in [0.4, 0.5) is 16.2 Å². The summed E-state index contributed by atoms with van der Waals surface area (Å²) in [5, 5.41) is 5.32. The molecule has 0 aliphatic rings. The van der Waals surface area contributed by atoms with Crippen molar-refractivity contribution in [3.63, 3.8) is 0 Å². The van der Waals surface area contributed by atoms with Crippen LogP contribution in [0.3, 0.4) is 0 Å². The fourth-order valence-electron chi connectivity index (χ4n) is 3.00. The van der Waals surface area contributed by atoms with Crippen LogP contribution in [0.1, 0.15) is 35.8 Å². The third kappa shape index (κ3) is 5.92. The fraction of sp³-hybridized carbons (Fsp3) is 0.381. The summed E-state index contributed by atoms with van der Waals surface area (Å²) in [5.74, 6) is -0.468. The van der Waals surface area contributed by atoms with Gasteiger partial charge in [-0.05, 0) is 70.8 Å². The van der Waals surface area contributed by atoms with Gasteiger partial charge < -0.3 is 19.5 Å². The van der Waals surface area contributed by atoms with Crippen molar-refractivity contribution in [2.45, 2.75) is 26.8 Å². The summed E-state index contributed by atoms with van der Waals surface area (Å²) in [4.78, 5) is 39.1. The number of aromatic nitrogens is 1. The Labute approximate surface area is 170 Å². The van der Waals surface area contributed by atoms with Gasteiger partial charge in [-0.25, -0.2) is 4.79 Å². The first kappa shape index (κ1) is 22.2. The molecule has 2 amide bonds. The first-order valence-electron chi connectivity index (χ1n) is 9.44. The maximum absolute atomic E-state index is 12.9. The molecular formula is C21H28N4O4. The minimum Gasteiger partial charge on any atom is -0.450 e. The number of anilines is 2. The van der Waals surface area contributed by atoms with E-state index in [0.29, 0.717) is 23.5 Å². The number of hydrogen-bond donors (Lipinski definition) is 2. The lowest BCUT2D eigenvalue weighted by atomic mass is 10.1. The number of rotatable bonds is 7. The molecular weight excluding hydrogens is 372 g/mol. The van der Waals surface area contributed by atoms with E-state index in [1.165, 1.54) is 0 Å². The molecule has 1 heterocycles. The maximum Gasteiger partial charge on any atom is 0.411 e. The van der Waals surface area contributed by atoms with Crippen LogP contribution in [0.5, 0.6) is 0 Å². The molecule has 2 aromatic rings. The Kier molecular flexibility index (Phi) is 7.55. The lowest BCUT2D eigenvalue weighted by Gasteiger charge is -2.20. The van der Waals surface area contributed by atoms with Gasteiger partial charge in [-0.1, -0.05) is 0 Å². The van der Waals surface area contributed by atoms with E-state index in [9.17, 15) is 14.4 Å². The van der Waals surface area contributed by atoms with Gasteiger partial charge in [-0.3, -0.25) is 14.9 Å². The number of nitrogens with one attached hydrogen (secondary N) is 2. The third-order valence-electron chi connectivity index (χ3n) is 4.32. The van der Waals surface area contributed by atoms with Crippen molar-refractivity contribution < 1.29 is 14.3 Å². The SMILES string of the molecule is CCOC(=O)Nc1ccc(NC(=O)c2c(C)ccn(C(C)CN(C)C)c2=O)cc1. The summed E-state index contributed by atoms with van der Waals surface area (Å²) in [6, 6.07) is 8.27. The van der Waals surface area contributed by atoms with Gasteiger partial charge in [0.25, 0.3) is 11.5 Å². The van der Waals surface area contributed by atoms with Gasteiger partial charge in [-0.15, -0.1) is 0 Å². The molecule has 1 atom stereocenters. The second-order valence-corrected chi connectivity index (χ2v) is 7.07. The fourth-order valence-corrected chi connectivity index (χ4v) is 3.00. The number of nitrogens with zero attached hydrogens (tertiary/aromatic N) is 2. The minimum absolute atomic E-state index is 0.0714. The van der Waals surface area contributed by atoms with Crippen molar-refractivity contribution in [3.8, 4) is 0 Å². The number of carbonyl (C=O) groups excluding carboxylic acids is 2. The van der Waals surface area contributed by atoms with Crippen LogP contribution in [-0.4, -0.2) is 48.7 Å². The number of amides is 2. The van der Waals surface area contributed by atoms with Gasteiger partial charge >= 0.3 is 6.09 Å². The lowest BCUT2D eigenvalue weighted by Crippen LogP contribution is -2.34. The van der Waals surface area contributed by atoms with Crippen LogP contribution < -0.4 is 16.2 Å². The molecule has 156 valence electrons. The standard InChI is InChI=1S/C21H28N4O4/c1-6-29-21(28)23-17-9-7-16(8-10-17)22-19(26)18-14(2)11-12-25(20(18)27)15(3)13-24(4)5/h7-12,15H,6,13H2,1-5H3,(H,22,26)(H,23,28). The Morgan fingerprint density at radius 1 is 1.10 bits per heavy atom. The van der Waals surface area contributed by atoms with Gasteiger partial charge in [0, 0.05) is 30.2 Å². The highest BCUT2D eigenvalue weighted by atomic mass is 16.5. The second-order valence-electron chi connectivity index (χ2n) is 7.07. The number of likely N-dealkylation sites (N-methyl/N-ethyl adjacent to an activating group) is 1. The molecule has 1 aromatic carbocycles. The van der Waals surface area contributed by atoms with Crippen LogP contribution in [0.2, 0.25) is 0 Å². The van der Waals surface area contributed by atoms with Crippen LogP contribution >= 0.6 is 0 Å². The molecule has 0 saturated carbocycles. The second kappa shape index (κ2) is 9.88. The van der Waals surface area contributed by atoms with Crippen molar-refractivity contribution in [2.24, 2.45) is 0 Å².